The van der Waals surface area contributed by atoms with Crippen molar-refractivity contribution in [2.45, 2.75) is 18.9 Å². The van der Waals surface area contributed by atoms with Crippen molar-refractivity contribution in [3.63, 3.8) is 0 Å². The fourth-order valence-electron chi connectivity index (χ4n) is 1.68. The first-order valence-corrected chi connectivity index (χ1v) is 5.49. The Morgan fingerprint density at radius 2 is 2.12 bits per heavy atom. The molecule has 1 aromatic carbocycles. The van der Waals surface area contributed by atoms with Crippen LogP contribution in [0.25, 0.3) is 0 Å². The van der Waals surface area contributed by atoms with Gasteiger partial charge in [0.15, 0.2) is 0 Å². The number of phenols is 1. The van der Waals surface area contributed by atoms with Gasteiger partial charge in [0.05, 0.1) is 6.04 Å². The Balaban J connectivity index is 2.03. The van der Waals surface area contributed by atoms with Crippen LogP contribution in [0.1, 0.15) is 18.4 Å². The fraction of sp³-hybridized carbons (Fsp3) is 0.417. The van der Waals surface area contributed by atoms with E-state index in [1.165, 1.54) is 0 Å². The molecule has 0 saturated heterocycles. The summed E-state index contributed by atoms with van der Waals surface area (Å²) in [5.41, 5.74) is 6.36. The van der Waals surface area contributed by atoms with Crippen molar-refractivity contribution < 1.29 is 9.84 Å². The molecule has 86 valence electrons. The lowest BCUT2D eigenvalue weighted by Crippen LogP contribution is -2.09. The van der Waals surface area contributed by atoms with Crippen LogP contribution in [0.3, 0.4) is 0 Å². The van der Waals surface area contributed by atoms with Crippen LogP contribution in [-0.4, -0.2) is 30.2 Å². The van der Waals surface area contributed by atoms with E-state index < -0.39 is 0 Å². The van der Waals surface area contributed by atoms with E-state index in [1.807, 2.05) is 0 Å². The highest BCUT2D eigenvalue weighted by atomic mass is 16.5. The van der Waals surface area contributed by atoms with Crippen LogP contribution in [0.15, 0.2) is 29.3 Å². The quantitative estimate of drug-likeness (QED) is 0.803. The summed E-state index contributed by atoms with van der Waals surface area (Å²) in [7, 11) is 0. The highest BCUT2D eigenvalue weighted by molar-refractivity contribution is 5.95. The van der Waals surface area contributed by atoms with E-state index in [1.54, 1.807) is 24.3 Å². The Morgan fingerprint density at radius 3 is 2.81 bits per heavy atom. The zero-order valence-electron chi connectivity index (χ0n) is 9.10. The van der Waals surface area contributed by atoms with Crippen molar-refractivity contribution in [3.8, 4) is 5.75 Å². The minimum atomic E-state index is 0.229. The lowest BCUT2D eigenvalue weighted by Gasteiger charge is -2.01. The first-order valence-electron chi connectivity index (χ1n) is 5.49. The molecular formula is C12H16N2O2. The van der Waals surface area contributed by atoms with Gasteiger partial charge in [0.1, 0.15) is 12.4 Å². The van der Waals surface area contributed by atoms with Crippen LogP contribution < -0.4 is 5.73 Å². The van der Waals surface area contributed by atoms with E-state index in [2.05, 4.69) is 4.99 Å². The third kappa shape index (κ3) is 2.52. The number of nitrogens with zero attached hydrogens (tertiary/aromatic N) is 1. The molecule has 0 radical (unpaired) electrons. The minimum Gasteiger partial charge on any atom is -0.508 e. The van der Waals surface area contributed by atoms with Crippen LogP contribution >= 0.6 is 0 Å². The summed E-state index contributed by atoms with van der Waals surface area (Å²) < 4.78 is 5.52. The third-order valence-corrected chi connectivity index (χ3v) is 2.57. The molecule has 0 saturated carbocycles. The topological polar surface area (TPSA) is 67.8 Å². The molecule has 0 aliphatic carbocycles. The molecule has 16 heavy (non-hydrogen) atoms. The van der Waals surface area contributed by atoms with Gasteiger partial charge in [0.2, 0.25) is 5.90 Å². The van der Waals surface area contributed by atoms with Crippen molar-refractivity contribution >= 4 is 5.90 Å². The molecule has 1 atom stereocenters. The van der Waals surface area contributed by atoms with Gasteiger partial charge in [0.25, 0.3) is 0 Å². The van der Waals surface area contributed by atoms with Crippen LogP contribution in [0, 0.1) is 0 Å². The van der Waals surface area contributed by atoms with Gasteiger partial charge in [-0.05, 0) is 43.7 Å². The van der Waals surface area contributed by atoms with Crippen molar-refractivity contribution in [1.82, 2.24) is 0 Å². The highest BCUT2D eigenvalue weighted by Gasteiger charge is 2.19. The molecule has 4 nitrogen and oxygen atoms in total. The van der Waals surface area contributed by atoms with Crippen molar-refractivity contribution in [2.75, 3.05) is 13.2 Å². The molecule has 1 aliphatic rings. The Bertz CT molecular complexity index is 373. The smallest absolute Gasteiger partial charge is 0.216 e. The molecule has 0 fully saturated rings. The molecule has 0 bridgehead atoms. The van der Waals surface area contributed by atoms with Crippen LogP contribution in [0.2, 0.25) is 0 Å². The van der Waals surface area contributed by atoms with E-state index in [4.69, 9.17) is 10.5 Å². The van der Waals surface area contributed by atoms with Crippen molar-refractivity contribution in [1.29, 1.82) is 0 Å². The number of ether oxygens (including phenoxy) is 1. The largest absolute Gasteiger partial charge is 0.508 e. The van der Waals surface area contributed by atoms with Crippen LogP contribution in [0.5, 0.6) is 5.75 Å². The zero-order chi connectivity index (χ0) is 11.4. The number of phenolic OH excluding ortho intramolecular Hbond substituents is 1. The summed E-state index contributed by atoms with van der Waals surface area (Å²) in [6, 6.07) is 7.11. The highest BCUT2D eigenvalue weighted by Crippen LogP contribution is 2.17. The number of nitrogens with two attached hydrogens (primary N) is 1. The maximum atomic E-state index is 9.17. The number of rotatable bonds is 4. The first kappa shape index (κ1) is 11.0. The summed E-state index contributed by atoms with van der Waals surface area (Å²) >= 11 is 0. The van der Waals surface area contributed by atoms with Gasteiger partial charge in [-0.15, -0.1) is 0 Å². The second kappa shape index (κ2) is 4.99. The number of hydrogen-bond donors (Lipinski definition) is 2. The average molecular weight is 220 g/mol. The van der Waals surface area contributed by atoms with Gasteiger partial charge in [-0.1, -0.05) is 0 Å². The molecule has 3 N–H and O–H groups in total. The van der Waals surface area contributed by atoms with Gasteiger partial charge in [-0.2, -0.15) is 0 Å². The van der Waals surface area contributed by atoms with E-state index in [9.17, 15) is 5.11 Å². The van der Waals surface area contributed by atoms with E-state index in [0.717, 1.165) is 18.4 Å². The summed E-state index contributed by atoms with van der Waals surface area (Å²) in [4.78, 5) is 4.48. The standard InChI is InChI=1S/C12H16N2O2/c13-7-1-2-10-8-16-12(14-10)9-3-5-11(15)6-4-9/h3-6,10,15H,1-2,7-8,13H2. The summed E-state index contributed by atoms with van der Waals surface area (Å²) in [5.74, 6) is 0.920. The lowest BCUT2D eigenvalue weighted by atomic mass is 10.2. The normalized spacial score (nSPS) is 19.3. The molecule has 1 heterocycles. The summed E-state index contributed by atoms with van der Waals surface area (Å²) in [6.45, 7) is 1.33. The maximum absolute atomic E-state index is 9.17. The third-order valence-electron chi connectivity index (χ3n) is 2.57. The molecule has 1 aliphatic heterocycles. The Morgan fingerprint density at radius 1 is 1.38 bits per heavy atom. The van der Waals surface area contributed by atoms with E-state index >= 15 is 0 Å². The monoisotopic (exact) mass is 220 g/mol. The van der Waals surface area contributed by atoms with E-state index in [-0.39, 0.29) is 11.8 Å². The van der Waals surface area contributed by atoms with Gasteiger partial charge in [-0.25, -0.2) is 4.99 Å². The van der Waals surface area contributed by atoms with Gasteiger partial charge in [-0.3, -0.25) is 0 Å². The Labute approximate surface area is 94.8 Å². The van der Waals surface area contributed by atoms with Gasteiger partial charge >= 0.3 is 0 Å². The zero-order valence-corrected chi connectivity index (χ0v) is 9.10. The first-order chi connectivity index (χ1) is 7.79. The number of benzene rings is 1. The summed E-state index contributed by atoms with van der Waals surface area (Å²) in [6.07, 6.45) is 1.94. The van der Waals surface area contributed by atoms with Crippen molar-refractivity contribution in [3.05, 3.63) is 29.8 Å². The van der Waals surface area contributed by atoms with E-state index in [0.29, 0.717) is 19.0 Å². The SMILES string of the molecule is NCCCC1COC(c2ccc(O)cc2)=N1. The Kier molecular flexibility index (Phi) is 3.41. The fourth-order valence-corrected chi connectivity index (χ4v) is 1.68. The molecule has 0 amide bonds. The van der Waals surface area contributed by atoms with Crippen molar-refractivity contribution in [2.24, 2.45) is 10.7 Å². The molecule has 2 rings (SSSR count). The lowest BCUT2D eigenvalue weighted by molar-refractivity contribution is 0.311. The second-order valence-electron chi connectivity index (χ2n) is 3.88. The minimum absolute atomic E-state index is 0.229. The Hall–Kier alpha value is -1.55. The molecular weight excluding hydrogens is 204 g/mol. The molecule has 0 aromatic heterocycles. The molecule has 4 heteroatoms. The number of hydrogen-bond acceptors (Lipinski definition) is 4. The van der Waals surface area contributed by atoms with Gasteiger partial charge in [0, 0.05) is 5.56 Å². The average Bonchev–Trinajstić information content (AvgIpc) is 2.76. The molecule has 0 spiro atoms. The summed E-state index contributed by atoms with van der Waals surface area (Å²) in [5, 5.41) is 9.17. The predicted octanol–water partition coefficient (Wildman–Crippen LogP) is 1.28. The number of aromatic hydroxyl groups is 1. The van der Waals surface area contributed by atoms with Crippen LogP contribution in [-0.2, 0) is 4.74 Å². The predicted molar refractivity (Wildman–Crippen MR) is 62.7 cm³/mol. The molecule has 1 unspecified atom stereocenters. The molecule has 1 aromatic rings. The number of aliphatic imine (C=N–C) groups is 1. The second-order valence-corrected chi connectivity index (χ2v) is 3.88. The maximum Gasteiger partial charge on any atom is 0.216 e. The van der Waals surface area contributed by atoms with Gasteiger partial charge < -0.3 is 15.6 Å². The van der Waals surface area contributed by atoms with Crippen LogP contribution in [0.4, 0.5) is 0 Å².